The third-order valence-electron chi connectivity index (χ3n) is 2.63. The number of nitrogen functional groups attached to an aromatic ring is 1. The number of nitrogens with two attached hydrogens (primary N) is 1. The van der Waals surface area contributed by atoms with Crippen molar-refractivity contribution in [2.75, 3.05) is 5.73 Å². The van der Waals surface area contributed by atoms with E-state index in [4.69, 9.17) is 5.73 Å². The first-order valence-corrected chi connectivity index (χ1v) is 6.21. The first-order chi connectivity index (χ1) is 6.84. The summed E-state index contributed by atoms with van der Waals surface area (Å²) in [5, 5.41) is 0.879. The molecule has 2 N–H and O–H groups in total. The Kier molecular flexibility index (Phi) is 3.30. The van der Waals surface area contributed by atoms with Gasteiger partial charge in [0.15, 0.2) is 0 Å². The van der Waals surface area contributed by atoms with Crippen LogP contribution in [0, 0.1) is 0 Å². The van der Waals surface area contributed by atoms with Gasteiger partial charge in [0.05, 0.1) is 0 Å². The maximum absolute atomic E-state index is 5.62. The van der Waals surface area contributed by atoms with Crippen molar-refractivity contribution in [1.29, 1.82) is 0 Å². The van der Waals surface area contributed by atoms with Gasteiger partial charge in [0.2, 0.25) is 0 Å². The third-order valence-corrected chi connectivity index (χ3v) is 4.08. The zero-order valence-corrected chi connectivity index (χ0v) is 9.09. The molecule has 0 saturated heterocycles. The average Bonchev–Trinajstić information content (AvgIpc) is 2.67. The van der Waals surface area contributed by atoms with E-state index in [9.17, 15) is 0 Å². The quantitative estimate of drug-likeness (QED) is 0.830. The molecule has 1 aromatic heterocycles. The molecule has 2 nitrogen and oxygen atoms in total. The first kappa shape index (κ1) is 9.84. The van der Waals surface area contributed by atoms with Gasteiger partial charge in [-0.05, 0) is 30.5 Å². The fourth-order valence-electron chi connectivity index (χ4n) is 1.85. The van der Waals surface area contributed by atoms with Gasteiger partial charge in [0, 0.05) is 17.2 Å². The minimum absolute atomic E-state index is 0.634. The lowest BCUT2D eigenvalue weighted by Gasteiger charge is -2.08. The molecule has 1 heterocycles. The van der Waals surface area contributed by atoms with E-state index in [2.05, 4.69) is 22.8 Å². The predicted octanol–water partition coefficient (Wildman–Crippen LogP) is 2.84. The molecule has 76 valence electrons. The normalized spacial score (nSPS) is 17.4. The number of thioether (sulfide) groups is 1. The molecule has 3 heteroatoms. The van der Waals surface area contributed by atoms with E-state index in [1.54, 1.807) is 6.20 Å². The monoisotopic (exact) mass is 208 g/mol. The van der Waals surface area contributed by atoms with Crippen LogP contribution in [0.4, 0.5) is 5.82 Å². The van der Waals surface area contributed by atoms with Crippen LogP contribution in [-0.2, 0) is 5.75 Å². The molecule has 1 aliphatic rings. The van der Waals surface area contributed by atoms with Crippen molar-refractivity contribution in [3.63, 3.8) is 0 Å². The van der Waals surface area contributed by atoms with Crippen LogP contribution in [0.1, 0.15) is 31.2 Å². The summed E-state index contributed by atoms with van der Waals surface area (Å²) in [5.41, 5.74) is 6.92. The number of hydrogen-bond donors (Lipinski definition) is 1. The Morgan fingerprint density at radius 2 is 2.21 bits per heavy atom. The Morgan fingerprint density at radius 3 is 2.93 bits per heavy atom. The fourth-order valence-corrected chi connectivity index (χ4v) is 3.13. The van der Waals surface area contributed by atoms with E-state index in [0.717, 1.165) is 11.0 Å². The second-order valence-corrected chi connectivity index (χ2v) is 5.10. The number of aromatic nitrogens is 1. The zero-order valence-electron chi connectivity index (χ0n) is 8.28. The maximum Gasteiger partial charge on any atom is 0.123 e. The van der Waals surface area contributed by atoms with E-state index in [1.807, 2.05) is 6.07 Å². The standard InChI is InChI=1S/C11H16N2S/c12-11-7-9(5-6-13-11)8-14-10-3-1-2-4-10/h5-7,10H,1-4,8H2,(H2,12,13). The average molecular weight is 208 g/mol. The molecule has 0 radical (unpaired) electrons. The van der Waals surface area contributed by atoms with Crippen LogP contribution in [0.2, 0.25) is 0 Å². The molecule has 0 amide bonds. The topological polar surface area (TPSA) is 38.9 Å². The zero-order chi connectivity index (χ0) is 9.80. The second-order valence-electron chi connectivity index (χ2n) is 3.81. The number of hydrogen-bond acceptors (Lipinski definition) is 3. The SMILES string of the molecule is Nc1cc(CSC2CCCC2)ccn1. The Morgan fingerprint density at radius 1 is 1.43 bits per heavy atom. The summed E-state index contributed by atoms with van der Waals surface area (Å²) >= 11 is 2.06. The highest BCUT2D eigenvalue weighted by atomic mass is 32.2. The van der Waals surface area contributed by atoms with Gasteiger partial charge < -0.3 is 5.73 Å². The van der Waals surface area contributed by atoms with Crippen molar-refractivity contribution >= 4 is 17.6 Å². The Balaban J connectivity index is 1.85. The predicted molar refractivity (Wildman–Crippen MR) is 62.2 cm³/mol. The molecule has 2 rings (SSSR count). The maximum atomic E-state index is 5.62. The van der Waals surface area contributed by atoms with Crippen LogP contribution in [-0.4, -0.2) is 10.2 Å². The lowest BCUT2D eigenvalue weighted by Crippen LogP contribution is -1.96. The summed E-state index contributed by atoms with van der Waals surface area (Å²) in [5.74, 6) is 1.71. The van der Waals surface area contributed by atoms with Gasteiger partial charge in [-0.15, -0.1) is 0 Å². The van der Waals surface area contributed by atoms with Gasteiger partial charge in [-0.1, -0.05) is 12.8 Å². The lowest BCUT2D eigenvalue weighted by molar-refractivity contribution is 0.886. The minimum Gasteiger partial charge on any atom is -0.384 e. The minimum atomic E-state index is 0.634. The molecule has 0 bridgehead atoms. The van der Waals surface area contributed by atoms with Crippen LogP contribution >= 0.6 is 11.8 Å². The van der Waals surface area contributed by atoms with E-state index >= 15 is 0 Å². The van der Waals surface area contributed by atoms with Gasteiger partial charge >= 0.3 is 0 Å². The Hall–Kier alpha value is -0.700. The number of rotatable bonds is 3. The number of anilines is 1. The summed E-state index contributed by atoms with van der Waals surface area (Å²) in [6.45, 7) is 0. The van der Waals surface area contributed by atoms with Crippen molar-refractivity contribution in [3.8, 4) is 0 Å². The van der Waals surface area contributed by atoms with Crippen LogP contribution in [0.25, 0.3) is 0 Å². The van der Waals surface area contributed by atoms with Crippen molar-refractivity contribution in [2.24, 2.45) is 0 Å². The van der Waals surface area contributed by atoms with Crippen LogP contribution < -0.4 is 5.73 Å². The molecule has 0 spiro atoms. The second kappa shape index (κ2) is 4.69. The molecule has 0 atom stereocenters. The Bertz CT molecular complexity index is 295. The van der Waals surface area contributed by atoms with Gasteiger partial charge in [0.25, 0.3) is 0 Å². The summed E-state index contributed by atoms with van der Waals surface area (Å²) in [6.07, 6.45) is 7.41. The summed E-state index contributed by atoms with van der Waals surface area (Å²) < 4.78 is 0. The highest BCUT2D eigenvalue weighted by Gasteiger charge is 2.14. The van der Waals surface area contributed by atoms with Crippen LogP contribution in [0.5, 0.6) is 0 Å². The van der Waals surface area contributed by atoms with Gasteiger partial charge in [0.1, 0.15) is 5.82 Å². The smallest absolute Gasteiger partial charge is 0.123 e. The third kappa shape index (κ3) is 2.64. The highest BCUT2D eigenvalue weighted by Crippen LogP contribution is 2.31. The van der Waals surface area contributed by atoms with Crippen molar-refractivity contribution in [2.45, 2.75) is 36.7 Å². The lowest BCUT2D eigenvalue weighted by atomic mass is 10.3. The van der Waals surface area contributed by atoms with E-state index in [1.165, 1.54) is 31.2 Å². The van der Waals surface area contributed by atoms with E-state index < -0.39 is 0 Å². The fraction of sp³-hybridized carbons (Fsp3) is 0.545. The summed E-state index contributed by atoms with van der Waals surface area (Å²) in [6, 6.07) is 4.03. The molecular formula is C11H16N2S. The summed E-state index contributed by atoms with van der Waals surface area (Å²) in [4.78, 5) is 3.99. The highest BCUT2D eigenvalue weighted by molar-refractivity contribution is 7.99. The largest absolute Gasteiger partial charge is 0.384 e. The number of nitrogens with zero attached hydrogens (tertiary/aromatic N) is 1. The molecule has 0 aromatic carbocycles. The molecule has 0 unspecified atom stereocenters. The van der Waals surface area contributed by atoms with Gasteiger partial charge in [-0.3, -0.25) is 0 Å². The molecule has 0 aliphatic heterocycles. The van der Waals surface area contributed by atoms with Crippen LogP contribution in [0.15, 0.2) is 18.3 Å². The van der Waals surface area contributed by atoms with Crippen molar-refractivity contribution < 1.29 is 0 Å². The molecule has 14 heavy (non-hydrogen) atoms. The molecule has 1 saturated carbocycles. The number of pyridine rings is 1. The van der Waals surface area contributed by atoms with Crippen LogP contribution in [0.3, 0.4) is 0 Å². The summed E-state index contributed by atoms with van der Waals surface area (Å²) in [7, 11) is 0. The van der Waals surface area contributed by atoms with E-state index in [0.29, 0.717) is 5.82 Å². The first-order valence-electron chi connectivity index (χ1n) is 5.16. The van der Waals surface area contributed by atoms with Crippen molar-refractivity contribution in [3.05, 3.63) is 23.9 Å². The van der Waals surface area contributed by atoms with E-state index in [-0.39, 0.29) is 0 Å². The van der Waals surface area contributed by atoms with Gasteiger partial charge in [-0.2, -0.15) is 11.8 Å². The molecule has 1 aromatic rings. The molecular weight excluding hydrogens is 192 g/mol. The van der Waals surface area contributed by atoms with Crippen molar-refractivity contribution in [1.82, 2.24) is 4.98 Å². The molecule has 1 aliphatic carbocycles. The molecule has 1 fully saturated rings. The Labute approximate surface area is 89.3 Å². The van der Waals surface area contributed by atoms with Gasteiger partial charge in [-0.25, -0.2) is 4.98 Å².